The van der Waals surface area contributed by atoms with E-state index in [1.54, 1.807) is 17.7 Å². The van der Waals surface area contributed by atoms with Crippen LogP contribution < -0.4 is 5.32 Å². The molecular weight excluding hydrogens is 364 g/mol. The van der Waals surface area contributed by atoms with E-state index in [2.05, 4.69) is 27.4 Å². The van der Waals surface area contributed by atoms with Crippen molar-refractivity contribution < 1.29 is 4.79 Å². The first kappa shape index (κ1) is 17.2. The van der Waals surface area contributed by atoms with Crippen molar-refractivity contribution in [1.82, 2.24) is 20.3 Å². The van der Waals surface area contributed by atoms with E-state index >= 15 is 0 Å². The highest BCUT2D eigenvalue weighted by Gasteiger charge is 2.17. The first-order valence-corrected chi connectivity index (χ1v) is 10.1. The summed E-state index contributed by atoms with van der Waals surface area (Å²) in [4.78, 5) is 26.7. The molecule has 7 heteroatoms. The zero-order valence-electron chi connectivity index (χ0n) is 14.7. The molecule has 132 valence electrons. The van der Waals surface area contributed by atoms with Gasteiger partial charge < -0.3 is 5.32 Å². The molecule has 0 atom stereocenters. The Hall–Kier alpha value is -2.25. The molecule has 1 aromatic carbocycles. The number of pyridine rings is 1. The Labute approximate surface area is 159 Å². The number of carbonyl (C=O) groups is 1. The van der Waals surface area contributed by atoms with Gasteiger partial charge in [0.15, 0.2) is 0 Å². The standard InChI is InChI=1S/C19H18N4OS2/c1-19(2,3)23-14(24)9-25-18-16-15(20-10-21-18)12-8-11-6-4-5-7-13(11)22-17(12)26-16/h4-8,10H,9H2,1-3H3,(H,23,24). The summed E-state index contributed by atoms with van der Waals surface area (Å²) in [7, 11) is 0. The molecule has 0 saturated carbocycles. The maximum atomic E-state index is 12.1. The molecule has 3 aromatic heterocycles. The number of thioether (sulfide) groups is 1. The average molecular weight is 383 g/mol. The molecule has 3 heterocycles. The number of thiophene rings is 1. The predicted molar refractivity (Wildman–Crippen MR) is 109 cm³/mol. The zero-order chi connectivity index (χ0) is 18.3. The lowest BCUT2D eigenvalue weighted by Crippen LogP contribution is -2.41. The normalized spacial score (nSPS) is 12.1. The van der Waals surface area contributed by atoms with Crippen LogP contribution in [0.2, 0.25) is 0 Å². The molecule has 1 amide bonds. The van der Waals surface area contributed by atoms with E-state index in [0.29, 0.717) is 5.75 Å². The van der Waals surface area contributed by atoms with E-state index in [-0.39, 0.29) is 11.4 Å². The summed E-state index contributed by atoms with van der Waals surface area (Å²) in [6.07, 6.45) is 1.56. The van der Waals surface area contributed by atoms with Crippen LogP contribution in [0, 0.1) is 0 Å². The second-order valence-electron chi connectivity index (χ2n) is 7.08. The van der Waals surface area contributed by atoms with Gasteiger partial charge in [-0.25, -0.2) is 15.0 Å². The summed E-state index contributed by atoms with van der Waals surface area (Å²) in [5.74, 6) is 0.326. The third-order valence-electron chi connectivity index (χ3n) is 3.77. The summed E-state index contributed by atoms with van der Waals surface area (Å²) in [5, 5.41) is 5.93. The van der Waals surface area contributed by atoms with Crippen LogP contribution in [0.1, 0.15) is 20.8 Å². The molecule has 0 saturated heterocycles. The third-order valence-corrected chi connectivity index (χ3v) is 5.98. The number of rotatable bonds is 3. The van der Waals surface area contributed by atoms with Gasteiger partial charge in [-0.3, -0.25) is 4.79 Å². The number of hydrogen-bond acceptors (Lipinski definition) is 6. The monoisotopic (exact) mass is 382 g/mol. The number of benzene rings is 1. The van der Waals surface area contributed by atoms with Crippen molar-refractivity contribution in [1.29, 1.82) is 0 Å². The zero-order valence-corrected chi connectivity index (χ0v) is 16.4. The van der Waals surface area contributed by atoms with Crippen molar-refractivity contribution in [3.8, 4) is 0 Å². The van der Waals surface area contributed by atoms with Crippen molar-refractivity contribution in [3.63, 3.8) is 0 Å². The molecule has 0 aliphatic rings. The Balaban J connectivity index is 1.72. The Morgan fingerprint density at radius 3 is 2.85 bits per heavy atom. The van der Waals surface area contributed by atoms with Crippen LogP contribution in [-0.2, 0) is 4.79 Å². The van der Waals surface area contributed by atoms with E-state index in [1.165, 1.54) is 11.8 Å². The van der Waals surface area contributed by atoms with Crippen molar-refractivity contribution in [3.05, 3.63) is 36.7 Å². The molecule has 0 fully saturated rings. The van der Waals surface area contributed by atoms with Crippen LogP contribution in [-0.4, -0.2) is 32.2 Å². The molecule has 0 aliphatic carbocycles. The molecule has 0 aliphatic heterocycles. The number of amides is 1. The summed E-state index contributed by atoms with van der Waals surface area (Å²) in [6, 6.07) is 10.2. The fraction of sp³-hybridized carbons (Fsp3) is 0.263. The van der Waals surface area contributed by atoms with Crippen molar-refractivity contribution in [2.24, 2.45) is 0 Å². The van der Waals surface area contributed by atoms with Crippen molar-refractivity contribution >= 4 is 60.3 Å². The smallest absolute Gasteiger partial charge is 0.230 e. The van der Waals surface area contributed by atoms with Gasteiger partial charge in [0, 0.05) is 16.3 Å². The van der Waals surface area contributed by atoms with E-state index in [4.69, 9.17) is 4.98 Å². The first-order chi connectivity index (χ1) is 12.4. The fourth-order valence-electron chi connectivity index (χ4n) is 2.77. The summed E-state index contributed by atoms with van der Waals surface area (Å²) in [6.45, 7) is 5.92. The minimum atomic E-state index is -0.236. The molecule has 4 rings (SSSR count). The molecule has 1 N–H and O–H groups in total. The van der Waals surface area contributed by atoms with Crippen LogP contribution in [0.3, 0.4) is 0 Å². The van der Waals surface area contributed by atoms with Crippen LogP contribution in [0.4, 0.5) is 0 Å². The number of nitrogens with one attached hydrogen (secondary N) is 1. The van der Waals surface area contributed by atoms with E-state index < -0.39 is 0 Å². The topological polar surface area (TPSA) is 67.8 Å². The first-order valence-electron chi connectivity index (χ1n) is 8.27. The highest BCUT2D eigenvalue weighted by Crippen LogP contribution is 2.37. The fourth-order valence-corrected chi connectivity index (χ4v) is 4.77. The summed E-state index contributed by atoms with van der Waals surface area (Å²) in [5.41, 5.74) is 1.63. The van der Waals surface area contributed by atoms with Crippen LogP contribution in [0.5, 0.6) is 0 Å². The minimum absolute atomic E-state index is 0.000707. The number of aromatic nitrogens is 3. The van der Waals surface area contributed by atoms with Gasteiger partial charge in [-0.15, -0.1) is 11.3 Å². The number of carbonyl (C=O) groups excluding carboxylic acids is 1. The molecule has 0 radical (unpaired) electrons. The number of nitrogens with zero attached hydrogens (tertiary/aromatic N) is 3. The average Bonchev–Trinajstić information content (AvgIpc) is 2.94. The SMILES string of the molecule is CC(C)(C)NC(=O)CSc1ncnc2c1sc1nc3ccccc3cc12. The second kappa shape index (κ2) is 6.48. The molecule has 26 heavy (non-hydrogen) atoms. The maximum Gasteiger partial charge on any atom is 0.230 e. The Morgan fingerprint density at radius 2 is 2.04 bits per heavy atom. The Morgan fingerprint density at radius 1 is 1.23 bits per heavy atom. The van der Waals surface area contributed by atoms with Crippen LogP contribution in [0.15, 0.2) is 41.7 Å². The predicted octanol–water partition coefficient (Wildman–Crippen LogP) is 4.40. The highest BCUT2D eigenvalue weighted by atomic mass is 32.2. The van der Waals surface area contributed by atoms with E-state index in [1.807, 2.05) is 39.0 Å². The minimum Gasteiger partial charge on any atom is -0.351 e. The van der Waals surface area contributed by atoms with Crippen molar-refractivity contribution in [2.45, 2.75) is 31.3 Å². The van der Waals surface area contributed by atoms with Gasteiger partial charge in [0.2, 0.25) is 5.91 Å². The lowest BCUT2D eigenvalue weighted by Gasteiger charge is -2.20. The third kappa shape index (κ3) is 3.37. The largest absolute Gasteiger partial charge is 0.351 e. The van der Waals surface area contributed by atoms with Crippen molar-refractivity contribution in [2.75, 3.05) is 5.75 Å². The van der Waals surface area contributed by atoms with Gasteiger partial charge >= 0.3 is 0 Å². The molecule has 0 spiro atoms. The molecule has 4 aromatic rings. The number of fused-ring (bicyclic) bond motifs is 4. The molecule has 0 bridgehead atoms. The lowest BCUT2D eigenvalue weighted by atomic mass is 10.1. The molecule has 5 nitrogen and oxygen atoms in total. The highest BCUT2D eigenvalue weighted by molar-refractivity contribution is 8.00. The summed E-state index contributed by atoms with van der Waals surface area (Å²) >= 11 is 3.02. The van der Waals surface area contributed by atoms with Gasteiger partial charge in [-0.05, 0) is 32.9 Å². The van der Waals surface area contributed by atoms with Crippen LogP contribution in [0.25, 0.3) is 31.3 Å². The Kier molecular flexibility index (Phi) is 4.28. The summed E-state index contributed by atoms with van der Waals surface area (Å²) < 4.78 is 0.985. The maximum absolute atomic E-state index is 12.1. The van der Waals surface area contributed by atoms with Crippen LogP contribution >= 0.6 is 23.1 Å². The number of hydrogen-bond donors (Lipinski definition) is 1. The van der Waals surface area contributed by atoms with Gasteiger partial charge in [-0.2, -0.15) is 0 Å². The van der Waals surface area contributed by atoms with Gasteiger partial charge in [-0.1, -0.05) is 30.0 Å². The van der Waals surface area contributed by atoms with E-state index in [0.717, 1.165) is 36.4 Å². The molecule has 0 unspecified atom stereocenters. The molecular formula is C19H18N4OS2. The second-order valence-corrected chi connectivity index (χ2v) is 9.04. The van der Waals surface area contributed by atoms with Gasteiger partial charge in [0.05, 0.1) is 21.5 Å². The lowest BCUT2D eigenvalue weighted by molar-refractivity contribution is -0.119. The van der Waals surface area contributed by atoms with E-state index in [9.17, 15) is 4.79 Å². The van der Waals surface area contributed by atoms with Gasteiger partial charge in [0.25, 0.3) is 0 Å². The quantitative estimate of drug-likeness (QED) is 0.420. The Bertz CT molecular complexity index is 1130. The van der Waals surface area contributed by atoms with Gasteiger partial charge in [0.1, 0.15) is 16.2 Å². The number of para-hydroxylation sites is 1.